The second kappa shape index (κ2) is 8.11. The fraction of sp³-hybridized carbons (Fsp3) is 0.318. The monoisotopic (exact) mass is 397 g/mol. The van der Waals surface area contributed by atoms with E-state index in [4.69, 9.17) is 0 Å². The Bertz CT molecular complexity index is 1120. The molecule has 5 nitrogen and oxygen atoms in total. The molecule has 3 aromatic rings. The molecule has 1 aliphatic heterocycles. The van der Waals surface area contributed by atoms with Crippen molar-refractivity contribution in [2.75, 3.05) is 0 Å². The number of aryl methyl sites for hydroxylation is 1. The summed E-state index contributed by atoms with van der Waals surface area (Å²) < 4.78 is 28.3. The molecule has 1 aromatic heterocycles. The number of carbonyl (C=O) groups excluding carboxylic acids is 1. The summed E-state index contributed by atoms with van der Waals surface area (Å²) in [5.41, 5.74) is 1.09. The van der Waals surface area contributed by atoms with Gasteiger partial charge in [-0.05, 0) is 48.7 Å². The van der Waals surface area contributed by atoms with Crippen molar-refractivity contribution in [3.05, 3.63) is 75.3 Å². The van der Waals surface area contributed by atoms with E-state index in [0.29, 0.717) is 28.6 Å². The molecular weight excluding hydrogens is 376 g/mol. The third kappa shape index (κ3) is 4.18. The van der Waals surface area contributed by atoms with E-state index in [1.165, 1.54) is 12.1 Å². The normalized spacial score (nSPS) is 14.1. The number of halogens is 2. The largest absolute Gasteiger partial charge is 0.348 e. The molecule has 2 heterocycles. The highest BCUT2D eigenvalue weighted by Crippen LogP contribution is 2.17. The van der Waals surface area contributed by atoms with Gasteiger partial charge in [-0.2, -0.15) is 0 Å². The van der Waals surface area contributed by atoms with Gasteiger partial charge in [0.2, 0.25) is 0 Å². The number of rotatable bonds is 3. The summed E-state index contributed by atoms with van der Waals surface area (Å²) >= 11 is 0. The Morgan fingerprint density at radius 3 is 2.59 bits per heavy atom. The Hall–Kier alpha value is -3.09. The molecule has 1 N–H and O–H groups in total. The number of benzene rings is 2. The number of nitrogens with zero attached hydrogens (tertiary/aromatic N) is 2. The van der Waals surface area contributed by atoms with Gasteiger partial charge in [-0.15, -0.1) is 0 Å². The number of fused-ring (bicyclic) bond motifs is 2. The van der Waals surface area contributed by atoms with Gasteiger partial charge in [0, 0.05) is 31.1 Å². The maximum absolute atomic E-state index is 13.3. The Morgan fingerprint density at radius 1 is 1.03 bits per heavy atom. The first-order chi connectivity index (χ1) is 14.0. The molecule has 1 aliphatic rings. The number of hydrogen-bond donors (Lipinski definition) is 1. The van der Waals surface area contributed by atoms with Gasteiger partial charge in [-0.3, -0.25) is 14.2 Å². The maximum atomic E-state index is 13.3. The maximum Gasteiger partial charge on any atom is 0.261 e. The van der Waals surface area contributed by atoms with E-state index in [9.17, 15) is 18.4 Å². The summed E-state index contributed by atoms with van der Waals surface area (Å²) in [5, 5.41) is 3.13. The highest BCUT2D eigenvalue weighted by atomic mass is 19.1. The zero-order chi connectivity index (χ0) is 20.4. The standard InChI is InChI=1S/C22H21F2N3O2/c23-16-9-14(10-17(24)12-16)13-25-21(28)15-6-7-18-19(11-15)26-20-5-3-1-2-4-8-27(20)22(18)29/h6-7,9-12H,1-5,8,13H2,(H,25,28). The van der Waals surface area contributed by atoms with Crippen LogP contribution in [-0.2, 0) is 19.5 Å². The van der Waals surface area contributed by atoms with E-state index >= 15 is 0 Å². The number of aromatic nitrogens is 2. The fourth-order valence-corrected chi connectivity index (χ4v) is 3.73. The summed E-state index contributed by atoms with van der Waals surface area (Å²) in [6.07, 6.45) is 4.92. The van der Waals surface area contributed by atoms with Gasteiger partial charge >= 0.3 is 0 Å². The Kier molecular flexibility index (Phi) is 5.38. The summed E-state index contributed by atoms with van der Waals surface area (Å²) in [6.45, 7) is 0.662. The van der Waals surface area contributed by atoms with Gasteiger partial charge in [0.05, 0.1) is 10.9 Å². The lowest BCUT2D eigenvalue weighted by Crippen LogP contribution is -2.27. The molecule has 1 amide bonds. The smallest absolute Gasteiger partial charge is 0.261 e. The summed E-state index contributed by atoms with van der Waals surface area (Å²) in [4.78, 5) is 30.0. The zero-order valence-corrected chi connectivity index (χ0v) is 15.9. The molecule has 0 radical (unpaired) electrons. The van der Waals surface area contributed by atoms with Crippen molar-refractivity contribution >= 4 is 16.8 Å². The first-order valence-corrected chi connectivity index (χ1v) is 9.78. The second-order valence-corrected chi connectivity index (χ2v) is 7.34. The average molecular weight is 397 g/mol. The molecule has 0 bridgehead atoms. The van der Waals surface area contributed by atoms with E-state index in [2.05, 4.69) is 10.3 Å². The lowest BCUT2D eigenvalue weighted by Gasteiger charge is -2.16. The molecule has 0 atom stereocenters. The topological polar surface area (TPSA) is 64.0 Å². The van der Waals surface area contributed by atoms with Crippen LogP contribution in [0.5, 0.6) is 0 Å². The van der Waals surface area contributed by atoms with Crippen molar-refractivity contribution in [2.24, 2.45) is 0 Å². The van der Waals surface area contributed by atoms with Crippen molar-refractivity contribution < 1.29 is 13.6 Å². The van der Waals surface area contributed by atoms with Gasteiger partial charge in [0.15, 0.2) is 0 Å². The molecule has 0 saturated carbocycles. The lowest BCUT2D eigenvalue weighted by atomic mass is 10.1. The van der Waals surface area contributed by atoms with Crippen LogP contribution in [0, 0.1) is 11.6 Å². The van der Waals surface area contributed by atoms with Crippen molar-refractivity contribution in [1.82, 2.24) is 14.9 Å². The van der Waals surface area contributed by atoms with Crippen LogP contribution in [0.4, 0.5) is 8.78 Å². The molecule has 7 heteroatoms. The predicted octanol–water partition coefficient (Wildman–Crippen LogP) is 3.72. The molecule has 0 saturated heterocycles. The Balaban J connectivity index is 1.60. The first-order valence-electron chi connectivity index (χ1n) is 9.78. The summed E-state index contributed by atoms with van der Waals surface area (Å²) in [5.74, 6) is -1.03. The molecule has 29 heavy (non-hydrogen) atoms. The quantitative estimate of drug-likeness (QED) is 0.733. The minimum atomic E-state index is -0.693. The third-order valence-corrected chi connectivity index (χ3v) is 5.20. The number of amides is 1. The second-order valence-electron chi connectivity index (χ2n) is 7.34. The molecular formula is C22H21F2N3O2. The number of carbonyl (C=O) groups is 1. The van der Waals surface area contributed by atoms with Crippen molar-refractivity contribution in [2.45, 2.75) is 45.2 Å². The van der Waals surface area contributed by atoms with E-state index in [1.807, 2.05) is 0 Å². The van der Waals surface area contributed by atoms with Crippen LogP contribution < -0.4 is 10.9 Å². The molecule has 0 aliphatic carbocycles. The van der Waals surface area contributed by atoms with E-state index in [1.54, 1.807) is 22.8 Å². The van der Waals surface area contributed by atoms with Crippen LogP contribution in [0.2, 0.25) is 0 Å². The van der Waals surface area contributed by atoms with Gasteiger partial charge in [0.1, 0.15) is 17.5 Å². The summed E-state index contributed by atoms with van der Waals surface area (Å²) in [6, 6.07) is 7.91. The fourth-order valence-electron chi connectivity index (χ4n) is 3.73. The molecule has 150 valence electrons. The predicted molar refractivity (Wildman–Crippen MR) is 106 cm³/mol. The van der Waals surface area contributed by atoms with E-state index in [-0.39, 0.29) is 12.1 Å². The van der Waals surface area contributed by atoms with Crippen LogP contribution in [0.3, 0.4) is 0 Å². The van der Waals surface area contributed by atoms with Gasteiger partial charge in [0.25, 0.3) is 11.5 Å². The van der Waals surface area contributed by atoms with E-state index < -0.39 is 17.5 Å². The van der Waals surface area contributed by atoms with Crippen molar-refractivity contribution in [3.63, 3.8) is 0 Å². The van der Waals surface area contributed by atoms with Crippen LogP contribution in [-0.4, -0.2) is 15.5 Å². The molecule has 4 rings (SSSR count). The highest BCUT2D eigenvalue weighted by molar-refractivity contribution is 5.97. The molecule has 2 aromatic carbocycles. The SMILES string of the molecule is O=C(NCc1cc(F)cc(F)c1)c1ccc2c(=O)n3c(nc2c1)CCCCCC3. The van der Waals surface area contributed by atoms with Crippen LogP contribution in [0.15, 0.2) is 41.2 Å². The van der Waals surface area contributed by atoms with Gasteiger partial charge in [-0.1, -0.05) is 12.8 Å². The average Bonchev–Trinajstić information content (AvgIpc) is 2.66. The molecule has 0 fully saturated rings. The number of nitrogens with one attached hydrogen (secondary N) is 1. The first kappa shape index (κ1) is 19.2. The van der Waals surface area contributed by atoms with E-state index in [0.717, 1.165) is 44.0 Å². The van der Waals surface area contributed by atoms with Gasteiger partial charge < -0.3 is 5.32 Å². The van der Waals surface area contributed by atoms with Crippen LogP contribution in [0.25, 0.3) is 10.9 Å². The van der Waals surface area contributed by atoms with Crippen LogP contribution >= 0.6 is 0 Å². The highest BCUT2D eigenvalue weighted by Gasteiger charge is 2.15. The summed E-state index contributed by atoms with van der Waals surface area (Å²) in [7, 11) is 0. The zero-order valence-electron chi connectivity index (χ0n) is 15.9. The molecule has 0 spiro atoms. The Labute approximate surface area is 166 Å². The van der Waals surface area contributed by atoms with Gasteiger partial charge in [-0.25, -0.2) is 13.8 Å². The third-order valence-electron chi connectivity index (χ3n) is 5.20. The minimum absolute atomic E-state index is 0.00811. The molecule has 0 unspecified atom stereocenters. The van der Waals surface area contributed by atoms with Crippen molar-refractivity contribution in [1.29, 1.82) is 0 Å². The van der Waals surface area contributed by atoms with Crippen LogP contribution in [0.1, 0.15) is 47.4 Å². The number of hydrogen-bond acceptors (Lipinski definition) is 3. The Morgan fingerprint density at radius 2 is 1.79 bits per heavy atom. The lowest BCUT2D eigenvalue weighted by molar-refractivity contribution is 0.0951. The minimum Gasteiger partial charge on any atom is -0.348 e. The van der Waals surface area contributed by atoms with Crippen molar-refractivity contribution in [3.8, 4) is 0 Å².